The molecule has 102 valence electrons. The third-order valence-corrected chi connectivity index (χ3v) is 5.04. The van der Waals surface area contributed by atoms with Crippen LogP contribution in [0, 0.1) is 0 Å². The molecule has 1 aromatic rings. The maximum absolute atomic E-state index is 12.3. The molecule has 18 heavy (non-hydrogen) atoms. The molecule has 0 saturated heterocycles. The number of aryl methyl sites for hydroxylation is 1. The fourth-order valence-corrected chi connectivity index (χ4v) is 4.00. The quantitative estimate of drug-likeness (QED) is 0.784. The number of nitrogens with one attached hydrogen (secondary N) is 1. The molecular weight excluding hydrogens is 268 g/mol. The summed E-state index contributed by atoms with van der Waals surface area (Å²) in [5, 5.41) is 0. The topological polar surface area (TPSA) is 72.2 Å². The van der Waals surface area contributed by atoms with Crippen LogP contribution in [0.4, 0.5) is 5.69 Å². The van der Waals surface area contributed by atoms with Gasteiger partial charge in [-0.25, -0.2) is 13.1 Å². The lowest BCUT2D eigenvalue weighted by atomic mass is 10.1. The van der Waals surface area contributed by atoms with Crippen LogP contribution < -0.4 is 10.5 Å². The largest absolute Gasteiger partial charge is 0.399 e. The Morgan fingerprint density at radius 3 is 2.67 bits per heavy atom. The summed E-state index contributed by atoms with van der Waals surface area (Å²) in [6.07, 6.45) is 2.61. The van der Waals surface area contributed by atoms with Gasteiger partial charge in [-0.2, -0.15) is 11.8 Å². The zero-order valence-electron chi connectivity index (χ0n) is 10.9. The van der Waals surface area contributed by atoms with Gasteiger partial charge in [-0.15, -0.1) is 0 Å². The maximum Gasteiger partial charge on any atom is 0.241 e. The van der Waals surface area contributed by atoms with Crippen molar-refractivity contribution >= 4 is 27.5 Å². The van der Waals surface area contributed by atoms with Gasteiger partial charge in [0.05, 0.1) is 4.90 Å². The maximum atomic E-state index is 12.3. The molecule has 0 aliphatic carbocycles. The van der Waals surface area contributed by atoms with Gasteiger partial charge in [0.15, 0.2) is 0 Å². The van der Waals surface area contributed by atoms with Crippen LogP contribution in [0.1, 0.15) is 19.4 Å². The SMILES string of the molecule is CCc1ccc(N)cc1S(=O)(=O)NC(C)CSC. The molecule has 1 atom stereocenters. The predicted octanol–water partition coefficient (Wildman–Crippen LogP) is 1.86. The molecule has 3 N–H and O–H groups in total. The number of anilines is 1. The third-order valence-electron chi connectivity index (χ3n) is 2.53. The molecule has 0 radical (unpaired) electrons. The zero-order chi connectivity index (χ0) is 13.8. The Bertz CT molecular complexity index is 501. The molecule has 0 saturated carbocycles. The van der Waals surface area contributed by atoms with E-state index in [2.05, 4.69) is 4.72 Å². The normalized spacial score (nSPS) is 13.5. The first-order chi connectivity index (χ1) is 8.40. The molecule has 0 amide bonds. The average molecular weight is 288 g/mol. The molecule has 1 aromatic carbocycles. The van der Waals surface area contributed by atoms with Crippen LogP contribution in [-0.4, -0.2) is 26.5 Å². The molecule has 0 spiro atoms. The number of sulfonamides is 1. The monoisotopic (exact) mass is 288 g/mol. The molecule has 0 heterocycles. The minimum atomic E-state index is -3.49. The van der Waals surface area contributed by atoms with Gasteiger partial charge in [0.25, 0.3) is 0 Å². The molecule has 1 rings (SSSR count). The van der Waals surface area contributed by atoms with E-state index >= 15 is 0 Å². The van der Waals surface area contributed by atoms with Crippen molar-refractivity contribution in [3.05, 3.63) is 23.8 Å². The minimum absolute atomic E-state index is 0.101. The van der Waals surface area contributed by atoms with E-state index in [9.17, 15) is 8.42 Å². The fraction of sp³-hybridized carbons (Fsp3) is 0.500. The van der Waals surface area contributed by atoms with Crippen LogP contribution in [0.25, 0.3) is 0 Å². The molecule has 4 nitrogen and oxygen atoms in total. The molecule has 6 heteroatoms. The summed E-state index contributed by atoms with van der Waals surface area (Å²) < 4.78 is 27.2. The molecule has 0 aromatic heterocycles. The van der Waals surface area contributed by atoms with E-state index < -0.39 is 10.0 Å². The van der Waals surface area contributed by atoms with Crippen molar-refractivity contribution in [2.75, 3.05) is 17.7 Å². The zero-order valence-corrected chi connectivity index (χ0v) is 12.6. The summed E-state index contributed by atoms with van der Waals surface area (Å²) in [6, 6.07) is 4.91. The van der Waals surface area contributed by atoms with Gasteiger partial charge in [-0.1, -0.05) is 13.0 Å². The average Bonchev–Trinajstić information content (AvgIpc) is 2.28. The third kappa shape index (κ3) is 3.90. The molecular formula is C12H20N2O2S2. The predicted molar refractivity (Wildman–Crippen MR) is 78.4 cm³/mol. The van der Waals surface area contributed by atoms with Crippen molar-refractivity contribution < 1.29 is 8.42 Å². The van der Waals surface area contributed by atoms with E-state index in [4.69, 9.17) is 5.73 Å². The lowest BCUT2D eigenvalue weighted by Crippen LogP contribution is -2.34. The van der Waals surface area contributed by atoms with Gasteiger partial charge < -0.3 is 5.73 Å². The molecule has 0 aliphatic rings. The van der Waals surface area contributed by atoms with Crippen molar-refractivity contribution in [3.63, 3.8) is 0 Å². The van der Waals surface area contributed by atoms with Crippen molar-refractivity contribution in [1.29, 1.82) is 0 Å². The van der Waals surface area contributed by atoms with Gasteiger partial charge in [0.1, 0.15) is 0 Å². The molecule has 0 bridgehead atoms. The highest BCUT2D eigenvalue weighted by Crippen LogP contribution is 2.20. The van der Waals surface area contributed by atoms with Crippen LogP contribution >= 0.6 is 11.8 Å². The Balaban J connectivity index is 3.07. The summed E-state index contributed by atoms with van der Waals surface area (Å²) in [5.41, 5.74) is 6.92. The van der Waals surface area contributed by atoms with Crippen LogP contribution in [0.15, 0.2) is 23.1 Å². The Labute approximate surface area is 113 Å². The Morgan fingerprint density at radius 1 is 1.44 bits per heavy atom. The van der Waals surface area contributed by atoms with Gasteiger partial charge >= 0.3 is 0 Å². The second kappa shape index (κ2) is 6.45. The van der Waals surface area contributed by atoms with Crippen molar-refractivity contribution in [2.24, 2.45) is 0 Å². The minimum Gasteiger partial charge on any atom is -0.399 e. The first-order valence-electron chi connectivity index (χ1n) is 5.80. The van der Waals surface area contributed by atoms with E-state index in [1.165, 1.54) is 6.07 Å². The van der Waals surface area contributed by atoms with E-state index in [1.807, 2.05) is 20.1 Å². The highest BCUT2D eigenvalue weighted by Gasteiger charge is 2.20. The highest BCUT2D eigenvalue weighted by molar-refractivity contribution is 7.98. The van der Waals surface area contributed by atoms with Gasteiger partial charge in [0.2, 0.25) is 10.0 Å². The summed E-state index contributed by atoms with van der Waals surface area (Å²) in [5.74, 6) is 0.739. The summed E-state index contributed by atoms with van der Waals surface area (Å²) in [4.78, 5) is 0.290. The van der Waals surface area contributed by atoms with Crippen molar-refractivity contribution in [2.45, 2.75) is 31.2 Å². The lowest BCUT2D eigenvalue weighted by Gasteiger charge is -2.15. The molecule has 1 unspecified atom stereocenters. The second-order valence-electron chi connectivity index (χ2n) is 4.20. The number of rotatable bonds is 6. The van der Waals surface area contributed by atoms with Crippen LogP contribution in [0.5, 0.6) is 0 Å². The Morgan fingerprint density at radius 2 is 2.11 bits per heavy atom. The van der Waals surface area contributed by atoms with Crippen molar-refractivity contribution in [1.82, 2.24) is 4.72 Å². The van der Waals surface area contributed by atoms with E-state index in [0.717, 1.165) is 11.3 Å². The first-order valence-corrected chi connectivity index (χ1v) is 8.68. The van der Waals surface area contributed by atoms with Crippen molar-refractivity contribution in [3.8, 4) is 0 Å². The number of nitrogens with two attached hydrogens (primary N) is 1. The van der Waals surface area contributed by atoms with Gasteiger partial charge in [-0.3, -0.25) is 0 Å². The second-order valence-corrected chi connectivity index (χ2v) is 6.79. The highest BCUT2D eigenvalue weighted by atomic mass is 32.2. The summed E-state index contributed by atoms with van der Waals surface area (Å²) >= 11 is 1.61. The van der Waals surface area contributed by atoms with E-state index in [1.54, 1.807) is 23.9 Å². The summed E-state index contributed by atoms with van der Waals surface area (Å²) in [7, 11) is -3.49. The Hall–Kier alpha value is -0.720. The fourth-order valence-electron chi connectivity index (χ4n) is 1.73. The first kappa shape index (κ1) is 15.3. The van der Waals surface area contributed by atoms with Crippen LogP contribution in [0.2, 0.25) is 0 Å². The number of nitrogen functional groups attached to an aromatic ring is 1. The molecule has 0 fully saturated rings. The smallest absolute Gasteiger partial charge is 0.241 e. The lowest BCUT2D eigenvalue weighted by molar-refractivity contribution is 0.570. The van der Waals surface area contributed by atoms with Crippen LogP contribution in [0.3, 0.4) is 0 Å². The van der Waals surface area contributed by atoms with Gasteiger partial charge in [-0.05, 0) is 37.3 Å². The van der Waals surface area contributed by atoms with Gasteiger partial charge in [0, 0.05) is 17.5 Å². The number of hydrogen-bond acceptors (Lipinski definition) is 4. The van der Waals surface area contributed by atoms with E-state index in [-0.39, 0.29) is 10.9 Å². The van der Waals surface area contributed by atoms with E-state index in [0.29, 0.717) is 12.1 Å². The van der Waals surface area contributed by atoms with Crippen LogP contribution in [-0.2, 0) is 16.4 Å². The number of thioether (sulfide) groups is 1. The number of hydrogen-bond donors (Lipinski definition) is 2. The summed E-state index contributed by atoms with van der Waals surface area (Å²) in [6.45, 7) is 3.78. The molecule has 0 aliphatic heterocycles. The standard InChI is InChI=1S/C12H20N2O2S2/c1-4-10-5-6-11(13)7-12(10)18(15,16)14-9(2)8-17-3/h5-7,9,14H,4,8,13H2,1-3H3. The number of benzene rings is 1. The Kier molecular flexibility index (Phi) is 5.49.